The van der Waals surface area contributed by atoms with Gasteiger partial charge in [-0.05, 0) is 19.0 Å². The molecule has 0 spiro atoms. The predicted octanol–water partition coefficient (Wildman–Crippen LogP) is 2.43. The maximum Gasteiger partial charge on any atom is 0.280 e. The Morgan fingerprint density at radius 3 is 2.71 bits per heavy atom. The zero-order valence-electron chi connectivity index (χ0n) is 12.2. The lowest BCUT2D eigenvalue weighted by Gasteiger charge is -2.17. The number of likely N-dealkylation sites (N-methyl/N-ethyl adjacent to an activating group) is 1. The molecule has 0 amide bonds. The van der Waals surface area contributed by atoms with Gasteiger partial charge >= 0.3 is 0 Å². The van der Waals surface area contributed by atoms with E-state index < -0.39 is 4.92 Å². The molecule has 0 aliphatic rings. The Morgan fingerprint density at radius 2 is 2.10 bits per heavy atom. The Balaban J connectivity index is 2.26. The first-order valence-electron chi connectivity index (χ1n) is 6.76. The van der Waals surface area contributed by atoms with Crippen molar-refractivity contribution in [3.8, 4) is 11.4 Å². The number of nitro benzene ring substituents is 1. The van der Waals surface area contributed by atoms with Gasteiger partial charge in [0.2, 0.25) is 11.7 Å². The summed E-state index contributed by atoms with van der Waals surface area (Å²) in [6.45, 7) is 4.20. The van der Waals surface area contributed by atoms with Crippen LogP contribution in [-0.4, -0.2) is 28.2 Å². The van der Waals surface area contributed by atoms with E-state index in [1.54, 1.807) is 18.2 Å². The molecular formula is C14H18N4O3. The third-order valence-corrected chi connectivity index (χ3v) is 3.38. The Labute approximate surface area is 122 Å². The van der Waals surface area contributed by atoms with Crippen molar-refractivity contribution in [2.75, 3.05) is 7.05 Å². The van der Waals surface area contributed by atoms with Gasteiger partial charge in [-0.25, -0.2) is 0 Å². The SMILES string of the molecule is CNC(Cc1nc(-c2ccccc2[N+](=O)[O-])no1)C(C)C. The number of aromatic nitrogens is 2. The third-order valence-electron chi connectivity index (χ3n) is 3.38. The van der Waals surface area contributed by atoms with E-state index in [1.165, 1.54) is 6.07 Å². The fourth-order valence-corrected chi connectivity index (χ4v) is 2.13. The Morgan fingerprint density at radius 1 is 1.38 bits per heavy atom. The lowest BCUT2D eigenvalue weighted by atomic mass is 10.0. The second-order valence-corrected chi connectivity index (χ2v) is 5.13. The smallest absolute Gasteiger partial charge is 0.280 e. The highest BCUT2D eigenvalue weighted by molar-refractivity contribution is 5.67. The molecule has 0 bridgehead atoms. The zero-order chi connectivity index (χ0) is 15.4. The van der Waals surface area contributed by atoms with Crippen LogP contribution in [0.3, 0.4) is 0 Å². The van der Waals surface area contributed by atoms with E-state index in [4.69, 9.17) is 4.52 Å². The van der Waals surface area contributed by atoms with Crippen LogP contribution in [-0.2, 0) is 6.42 Å². The van der Waals surface area contributed by atoms with Crippen LogP contribution < -0.4 is 5.32 Å². The highest BCUT2D eigenvalue weighted by Crippen LogP contribution is 2.27. The van der Waals surface area contributed by atoms with Crippen molar-refractivity contribution in [2.24, 2.45) is 5.92 Å². The minimum atomic E-state index is -0.449. The second kappa shape index (κ2) is 6.45. The molecule has 112 valence electrons. The highest BCUT2D eigenvalue weighted by atomic mass is 16.6. The molecule has 1 heterocycles. The Kier molecular flexibility index (Phi) is 4.64. The van der Waals surface area contributed by atoms with Crippen LogP contribution in [0, 0.1) is 16.0 Å². The van der Waals surface area contributed by atoms with Gasteiger partial charge in [-0.1, -0.05) is 31.1 Å². The van der Waals surface area contributed by atoms with Crippen molar-refractivity contribution in [1.29, 1.82) is 0 Å². The molecule has 1 aromatic carbocycles. The number of nitrogens with one attached hydrogen (secondary N) is 1. The van der Waals surface area contributed by atoms with Crippen LogP contribution in [0.1, 0.15) is 19.7 Å². The van der Waals surface area contributed by atoms with E-state index in [1.807, 2.05) is 7.05 Å². The van der Waals surface area contributed by atoms with Gasteiger partial charge < -0.3 is 9.84 Å². The summed E-state index contributed by atoms with van der Waals surface area (Å²) in [5, 5.41) is 18.1. The molecule has 21 heavy (non-hydrogen) atoms. The summed E-state index contributed by atoms with van der Waals surface area (Å²) in [6, 6.07) is 6.58. The average Bonchev–Trinajstić information content (AvgIpc) is 2.92. The first-order valence-corrected chi connectivity index (χ1v) is 6.76. The van der Waals surface area contributed by atoms with Crippen molar-refractivity contribution in [3.05, 3.63) is 40.3 Å². The van der Waals surface area contributed by atoms with Gasteiger partial charge in [0.25, 0.3) is 5.69 Å². The maximum absolute atomic E-state index is 11.0. The number of hydrogen-bond donors (Lipinski definition) is 1. The van der Waals surface area contributed by atoms with Crippen LogP contribution in [0.4, 0.5) is 5.69 Å². The summed E-state index contributed by atoms with van der Waals surface area (Å²) in [5.74, 6) is 1.13. The predicted molar refractivity (Wildman–Crippen MR) is 77.8 cm³/mol. The summed E-state index contributed by atoms with van der Waals surface area (Å²) < 4.78 is 5.21. The zero-order valence-corrected chi connectivity index (χ0v) is 12.2. The third kappa shape index (κ3) is 3.43. The normalized spacial score (nSPS) is 12.6. The molecule has 0 aliphatic heterocycles. The van der Waals surface area contributed by atoms with Crippen molar-refractivity contribution < 1.29 is 9.45 Å². The maximum atomic E-state index is 11.0. The molecule has 2 aromatic rings. The van der Waals surface area contributed by atoms with Crippen LogP contribution >= 0.6 is 0 Å². The topological polar surface area (TPSA) is 94.1 Å². The van der Waals surface area contributed by atoms with Crippen LogP contribution in [0.5, 0.6) is 0 Å². The number of para-hydroxylation sites is 1. The summed E-state index contributed by atoms with van der Waals surface area (Å²) >= 11 is 0. The molecule has 0 saturated carbocycles. The quantitative estimate of drug-likeness (QED) is 0.648. The van der Waals surface area contributed by atoms with Gasteiger partial charge in [0, 0.05) is 18.5 Å². The number of rotatable bonds is 6. The van der Waals surface area contributed by atoms with E-state index >= 15 is 0 Å². The summed E-state index contributed by atoms with van der Waals surface area (Å²) in [7, 11) is 1.88. The molecule has 0 radical (unpaired) electrons. The molecule has 1 unspecified atom stereocenters. The second-order valence-electron chi connectivity index (χ2n) is 5.13. The van der Waals surface area contributed by atoms with Gasteiger partial charge in [0.15, 0.2) is 0 Å². The van der Waals surface area contributed by atoms with E-state index in [-0.39, 0.29) is 17.6 Å². The van der Waals surface area contributed by atoms with Crippen LogP contribution in [0.25, 0.3) is 11.4 Å². The van der Waals surface area contributed by atoms with Gasteiger partial charge in [0.1, 0.15) is 5.56 Å². The lowest BCUT2D eigenvalue weighted by Crippen LogP contribution is -2.32. The monoisotopic (exact) mass is 290 g/mol. The standard InChI is InChI=1S/C14H18N4O3/c1-9(2)11(15-3)8-13-16-14(17-21-13)10-6-4-5-7-12(10)18(19)20/h4-7,9,11,15H,8H2,1-3H3. The fourth-order valence-electron chi connectivity index (χ4n) is 2.13. The Bertz CT molecular complexity index is 624. The van der Waals surface area contributed by atoms with Gasteiger partial charge in [-0.2, -0.15) is 4.98 Å². The minimum Gasteiger partial charge on any atom is -0.339 e. The van der Waals surface area contributed by atoms with E-state index in [2.05, 4.69) is 29.3 Å². The number of nitro groups is 1. The lowest BCUT2D eigenvalue weighted by molar-refractivity contribution is -0.384. The molecule has 7 nitrogen and oxygen atoms in total. The molecular weight excluding hydrogens is 272 g/mol. The first-order chi connectivity index (χ1) is 10.0. The van der Waals surface area contributed by atoms with E-state index in [0.717, 1.165) is 0 Å². The minimum absolute atomic E-state index is 0.0288. The molecule has 1 N–H and O–H groups in total. The van der Waals surface area contributed by atoms with Crippen LogP contribution in [0.15, 0.2) is 28.8 Å². The molecule has 7 heteroatoms. The van der Waals surface area contributed by atoms with Crippen molar-refractivity contribution in [2.45, 2.75) is 26.3 Å². The number of hydrogen-bond acceptors (Lipinski definition) is 6. The highest BCUT2D eigenvalue weighted by Gasteiger charge is 2.21. The number of nitrogens with zero attached hydrogens (tertiary/aromatic N) is 3. The van der Waals surface area contributed by atoms with Gasteiger partial charge in [0.05, 0.1) is 4.92 Å². The summed E-state index contributed by atoms with van der Waals surface area (Å²) in [6.07, 6.45) is 0.585. The molecule has 1 aromatic heterocycles. The molecule has 1 atom stereocenters. The van der Waals surface area contributed by atoms with E-state index in [9.17, 15) is 10.1 Å². The molecule has 0 saturated heterocycles. The average molecular weight is 290 g/mol. The summed E-state index contributed by atoms with van der Waals surface area (Å²) in [5.41, 5.74) is 0.335. The van der Waals surface area contributed by atoms with Gasteiger partial charge in [-0.15, -0.1) is 0 Å². The van der Waals surface area contributed by atoms with Crippen molar-refractivity contribution in [3.63, 3.8) is 0 Å². The van der Waals surface area contributed by atoms with E-state index in [0.29, 0.717) is 23.8 Å². The van der Waals surface area contributed by atoms with Gasteiger partial charge in [-0.3, -0.25) is 10.1 Å². The molecule has 2 rings (SSSR count). The summed E-state index contributed by atoms with van der Waals surface area (Å²) in [4.78, 5) is 14.8. The molecule has 0 fully saturated rings. The largest absolute Gasteiger partial charge is 0.339 e. The van der Waals surface area contributed by atoms with Crippen LogP contribution in [0.2, 0.25) is 0 Å². The first kappa shape index (κ1) is 15.1. The van der Waals surface area contributed by atoms with Crippen molar-refractivity contribution in [1.82, 2.24) is 15.5 Å². The molecule has 0 aliphatic carbocycles. The Hall–Kier alpha value is -2.28. The van der Waals surface area contributed by atoms with Crippen molar-refractivity contribution >= 4 is 5.69 Å². The number of benzene rings is 1. The fraction of sp³-hybridized carbons (Fsp3) is 0.429.